The van der Waals surface area contributed by atoms with Crippen molar-refractivity contribution in [3.63, 3.8) is 0 Å². The first-order valence-corrected chi connectivity index (χ1v) is 15.2. The molecule has 15 heteroatoms. The molecule has 0 bridgehead atoms. The number of methoxy groups -OCH3 is 1. The molecule has 5 aromatic rings. The lowest BCUT2D eigenvalue weighted by Gasteiger charge is -2.14. The predicted molar refractivity (Wildman–Crippen MR) is 159 cm³/mol. The Morgan fingerprint density at radius 2 is 1.77 bits per heavy atom. The largest absolute Gasteiger partial charge is 0.480 e. The summed E-state index contributed by atoms with van der Waals surface area (Å²) in [4.78, 5) is 49.0. The van der Waals surface area contributed by atoms with Crippen molar-refractivity contribution >= 4 is 5.91 Å². The maximum atomic E-state index is 13.5. The number of halogens is 3. The zero-order chi connectivity index (χ0) is 32.4. The minimum Gasteiger partial charge on any atom is -0.480 e. The number of nitrogens with zero attached hydrogens (tertiary/aromatic N) is 10. The van der Waals surface area contributed by atoms with Crippen LogP contribution in [0, 0.1) is 0 Å². The summed E-state index contributed by atoms with van der Waals surface area (Å²) in [6.07, 6.45) is 5.13. The van der Waals surface area contributed by atoms with Crippen molar-refractivity contribution in [3.8, 4) is 28.7 Å². The summed E-state index contributed by atoms with van der Waals surface area (Å²) in [5, 5.41) is 0.357. The number of alkyl halides is 3. The molecule has 5 heterocycles. The number of hydrogen-bond acceptors (Lipinski definition) is 9. The summed E-state index contributed by atoms with van der Waals surface area (Å²) in [6, 6.07) is 6.22. The number of aromatic nitrogens is 8. The van der Waals surface area contributed by atoms with E-state index >= 15 is 0 Å². The molecule has 3 aliphatic rings. The monoisotopic (exact) mass is 640 g/mol. The third-order valence-corrected chi connectivity index (χ3v) is 8.42. The van der Waals surface area contributed by atoms with Crippen LogP contribution < -0.4 is 15.6 Å². The maximum Gasteiger partial charge on any atom is 0.434 e. The first-order chi connectivity index (χ1) is 22.7. The van der Waals surface area contributed by atoms with Gasteiger partial charge in [0.15, 0.2) is 23.0 Å². The summed E-state index contributed by atoms with van der Waals surface area (Å²) in [5.74, 6) is 0.577. The smallest absolute Gasteiger partial charge is 0.434 e. The van der Waals surface area contributed by atoms with Crippen LogP contribution in [-0.4, -0.2) is 52.1 Å². The molecule has 47 heavy (non-hydrogen) atoms. The van der Waals surface area contributed by atoms with E-state index in [4.69, 9.17) is 14.7 Å². The third kappa shape index (κ3) is 5.44. The number of carbonyl (C=O) groups excluding carboxylic acids is 1. The lowest BCUT2D eigenvalue weighted by Crippen LogP contribution is -2.40. The van der Waals surface area contributed by atoms with Gasteiger partial charge in [-0.05, 0) is 31.2 Å². The van der Waals surface area contributed by atoms with Gasteiger partial charge >= 0.3 is 6.18 Å². The van der Waals surface area contributed by atoms with Crippen molar-refractivity contribution in [2.75, 3.05) is 7.11 Å². The van der Waals surface area contributed by atoms with Crippen LogP contribution in [0.5, 0.6) is 5.88 Å². The molecular formula is C32H27F3N10O2. The number of carbonyl (C=O) groups is 1. The average Bonchev–Trinajstić information content (AvgIpc) is 3.99. The second-order valence-corrected chi connectivity index (χ2v) is 12.0. The van der Waals surface area contributed by atoms with Crippen LogP contribution in [0.1, 0.15) is 72.0 Å². The Bertz CT molecular complexity index is 2170. The fraction of sp³-hybridized carbons (Fsp3) is 0.344. The zero-order valence-electron chi connectivity index (χ0n) is 25.3. The van der Waals surface area contributed by atoms with E-state index in [1.165, 1.54) is 13.4 Å². The SMILES string of the molecule is COc1ncnc(C2CC2)c1-c1nc(Cc2ccc(-c3nc(C(F)(F)F)cn3C3CC3)cc2)c2c(n1)=NC(=O)C(c1cn(C)cn1)N=2. The predicted octanol–water partition coefficient (Wildman–Crippen LogP) is 3.88. The topological polar surface area (TPSA) is 138 Å². The van der Waals surface area contributed by atoms with Crippen LogP contribution >= 0.6 is 0 Å². The molecule has 2 fully saturated rings. The highest BCUT2D eigenvalue weighted by Gasteiger charge is 2.38. The van der Waals surface area contributed by atoms with Gasteiger partial charge in [0.1, 0.15) is 23.1 Å². The standard InChI is InChI=1S/C32H27F3N10O2/c1-44-12-21(38-15-44)26-30(46)43-28-25(41-26)20(39-27(42-28)23-24(17-7-8-17)36-14-37-31(23)47-2)11-16-3-5-18(6-4-16)29-40-22(32(33,34)35)13-45(29)19-9-10-19/h3-6,12-15,17,19,26H,7-11H2,1-2H3. The average molecular weight is 641 g/mol. The first kappa shape index (κ1) is 29.1. The fourth-order valence-electron chi connectivity index (χ4n) is 5.80. The number of aryl methyl sites for hydroxylation is 1. The van der Waals surface area contributed by atoms with E-state index in [2.05, 4.69) is 29.9 Å². The van der Waals surface area contributed by atoms with Crippen molar-refractivity contribution in [1.29, 1.82) is 0 Å². The highest BCUT2D eigenvalue weighted by atomic mass is 19.4. The summed E-state index contributed by atoms with van der Waals surface area (Å²) >= 11 is 0. The molecule has 12 nitrogen and oxygen atoms in total. The number of rotatable bonds is 8. The normalized spacial score (nSPS) is 17.6. The van der Waals surface area contributed by atoms with Gasteiger partial charge in [-0.25, -0.2) is 29.9 Å². The quantitative estimate of drug-likeness (QED) is 0.249. The number of amides is 1. The molecule has 2 aliphatic carbocycles. The van der Waals surface area contributed by atoms with Crippen molar-refractivity contribution < 1.29 is 22.7 Å². The van der Waals surface area contributed by atoms with Gasteiger partial charge in [-0.1, -0.05) is 24.3 Å². The van der Waals surface area contributed by atoms with Gasteiger partial charge in [0.05, 0.1) is 30.5 Å². The summed E-state index contributed by atoms with van der Waals surface area (Å²) in [5.41, 5.74) is 2.85. The Balaban J connectivity index is 1.23. The van der Waals surface area contributed by atoms with E-state index in [1.807, 2.05) is 12.1 Å². The minimum absolute atomic E-state index is 0.0128. The molecule has 8 rings (SSSR count). The van der Waals surface area contributed by atoms with Crippen molar-refractivity contribution in [3.05, 3.63) is 88.5 Å². The van der Waals surface area contributed by atoms with Gasteiger partial charge in [-0.3, -0.25) is 9.79 Å². The molecule has 1 aromatic carbocycles. The maximum absolute atomic E-state index is 13.5. The molecule has 4 aromatic heterocycles. The Labute approximate surface area is 265 Å². The van der Waals surface area contributed by atoms with Crippen LogP contribution in [0.2, 0.25) is 0 Å². The van der Waals surface area contributed by atoms with Crippen LogP contribution in [0.25, 0.3) is 22.8 Å². The number of benzene rings is 1. The van der Waals surface area contributed by atoms with Gasteiger partial charge in [0, 0.05) is 43.4 Å². The molecule has 2 saturated carbocycles. The van der Waals surface area contributed by atoms with Gasteiger partial charge in [0.2, 0.25) is 5.88 Å². The molecule has 0 spiro atoms. The molecule has 1 aliphatic heterocycles. The van der Waals surface area contributed by atoms with Crippen LogP contribution in [-0.2, 0) is 24.4 Å². The number of hydrogen-bond donors (Lipinski definition) is 0. The molecule has 0 saturated heterocycles. The number of ether oxygens (including phenoxy) is 1. The van der Waals surface area contributed by atoms with Gasteiger partial charge in [-0.2, -0.15) is 18.2 Å². The lowest BCUT2D eigenvalue weighted by molar-refractivity contribution is -0.140. The van der Waals surface area contributed by atoms with Gasteiger partial charge in [-0.15, -0.1) is 0 Å². The van der Waals surface area contributed by atoms with Crippen LogP contribution in [0.3, 0.4) is 0 Å². The zero-order valence-corrected chi connectivity index (χ0v) is 25.3. The third-order valence-electron chi connectivity index (χ3n) is 8.42. The van der Waals surface area contributed by atoms with E-state index in [1.54, 1.807) is 40.8 Å². The minimum atomic E-state index is -4.53. The fourth-order valence-corrected chi connectivity index (χ4v) is 5.80. The first-order valence-electron chi connectivity index (χ1n) is 15.2. The molecule has 1 atom stereocenters. The Morgan fingerprint density at radius 3 is 2.43 bits per heavy atom. The molecule has 1 unspecified atom stereocenters. The van der Waals surface area contributed by atoms with E-state index in [9.17, 15) is 18.0 Å². The molecule has 0 N–H and O–H groups in total. The Kier molecular flexibility index (Phi) is 6.74. The summed E-state index contributed by atoms with van der Waals surface area (Å²) in [7, 11) is 3.31. The number of imidazole rings is 2. The summed E-state index contributed by atoms with van der Waals surface area (Å²) in [6.45, 7) is 0. The Hall–Kier alpha value is -5.34. The van der Waals surface area contributed by atoms with Gasteiger partial charge < -0.3 is 13.9 Å². The van der Waals surface area contributed by atoms with Crippen molar-refractivity contribution in [2.45, 2.75) is 56.3 Å². The van der Waals surface area contributed by atoms with Crippen LogP contribution in [0.4, 0.5) is 13.2 Å². The van der Waals surface area contributed by atoms with Crippen LogP contribution in [0.15, 0.2) is 59.3 Å². The van der Waals surface area contributed by atoms with Crippen molar-refractivity contribution in [1.82, 2.24) is 39.0 Å². The van der Waals surface area contributed by atoms with E-state index < -0.39 is 23.8 Å². The molecular weight excluding hydrogens is 613 g/mol. The Morgan fingerprint density at radius 1 is 0.979 bits per heavy atom. The highest BCUT2D eigenvalue weighted by molar-refractivity contribution is 5.84. The second kappa shape index (κ2) is 10.9. The van der Waals surface area contributed by atoms with E-state index in [-0.39, 0.29) is 35.5 Å². The van der Waals surface area contributed by atoms with E-state index in [0.29, 0.717) is 33.8 Å². The second-order valence-electron chi connectivity index (χ2n) is 12.0. The summed E-state index contributed by atoms with van der Waals surface area (Å²) < 4.78 is 49.5. The molecule has 0 radical (unpaired) electrons. The molecule has 1 amide bonds. The van der Waals surface area contributed by atoms with Crippen molar-refractivity contribution in [2.24, 2.45) is 17.0 Å². The van der Waals surface area contributed by atoms with E-state index in [0.717, 1.165) is 43.1 Å². The molecule has 238 valence electrons. The number of fused-ring (bicyclic) bond motifs is 1. The lowest BCUT2D eigenvalue weighted by atomic mass is 10.0. The highest BCUT2D eigenvalue weighted by Crippen LogP contribution is 2.45. The van der Waals surface area contributed by atoms with Gasteiger partial charge in [0.25, 0.3) is 5.91 Å².